The van der Waals surface area contributed by atoms with Crippen LogP contribution in [0.15, 0.2) is 17.0 Å². The molecule has 1 saturated heterocycles. The molecule has 6 aliphatic rings. The molecular weight excluding hydrogens is 380 g/mol. The van der Waals surface area contributed by atoms with Gasteiger partial charge in [0.05, 0.1) is 5.57 Å². The maximum atomic E-state index is 13.1. The van der Waals surface area contributed by atoms with Crippen LogP contribution in [0.4, 0.5) is 0 Å². The highest BCUT2D eigenvalue weighted by atomic mass is 32.1. The van der Waals surface area contributed by atoms with Gasteiger partial charge >= 0.3 is 11.9 Å². The summed E-state index contributed by atoms with van der Waals surface area (Å²) >= 11 is 1.80. The molecule has 4 heteroatoms. The van der Waals surface area contributed by atoms with E-state index >= 15 is 0 Å². The Kier molecular flexibility index (Phi) is 3.02. The second-order valence-electron chi connectivity index (χ2n) is 11.3. The first-order valence-electron chi connectivity index (χ1n) is 11.4. The zero-order valence-corrected chi connectivity index (χ0v) is 18.2. The quantitative estimate of drug-likeness (QED) is 0.474. The number of esters is 2. The average Bonchev–Trinajstić information content (AvgIpc) is 3.28. The summed E-state index contributed by atoms with van der Waals surface area (Å²) in [4.78, 5) is 27.2. The third kappa shape index (κ3) is 1.69. The lowest BCUT2D eigenvalue weighted by Gasteiger charge is -2.76. The SMILES string of the molecule is CC1=C2C(=O)OC(=O)[C@@H]2[C@@](C)(C23C[C@@H]4C(C)CC5CC4[C@@H](C2)C3C5)c2sccc21. The van der Waals surface area contributed by atoms with Gasteiger partial charge in [-0.15, -0.1) is 11.3 Å². The van der Waals surface area contributed by atoms with Crippen LogP contribution in [0.1, 0.15) is 63.3 Å². The van der Waals surface area contributed by atoms with Crippen LogP contribution in [-0.4, -0.2) is 11.9 Å². The Morgan fingerprint density at radius 2 is 1.90 bits per heavy atom. The minimum absolute atomic E-state index is 0.145. The van der Waals surface area contributed by atoms with E-state index in [0.29, 0.717) is 5.57 Å². The van der Waals surface area contributed by atoms with E-state index in [1.54, 1.807) is 11.3 Å². The molecule has 5 aliphatic carbocycles. The molecule has 1 aromatic rings. The maximum Gasteiger partial charge on any atom is 0.342 e. The summed E-state index contributed by atoms with van der Waals surface area (Å²) in [6, 6.07) is 2.17. The van der Waals surface area contributed by atoms with Crippen molar-refractivity contribution in [3.63, 3.8) is 0 Å². The van der Waals surface area contributed by atoms with Gasteiger partial charge in [-0.25, -0.2) is 4.79 Å². The predicted molar refractivity (Wildman–Crippen MR) is 111 cm³/mol. The van der Waals surface area contributed by atoms with Gasteiger partial charge in [-0.3, -0.25) is 4.79 Å². The van der Waals surface area contributed by atoms with Gasteiger partial charge in [-0.05, 0) is 103 Å². The Labute approximate surface area is 175 Å². The smallest absolute Gasteiger partial charge is 0.342 e. The van der Waals surface area contributed by atoms with Crippen LogP contribution < -0.4 is 0 Å². The average molecular weight is 409 g/mol. The summed E-state index contributed by atoms with van der Waals surface area (Å²) < 4.78 is 5.28. The van der Waals surface area contributed by atoms with Crippen molar-refractivity contribution >= 4 is 28.8 Å². The molecule has 0 N–H and O–H groups in total. The largest absolute Gasteiger partial charge is 0.389 e. The number of thiophene rings is 1. The lowest BCUT2D eigenvalue weighted by molar-refractivity contribution is -0.254. The molecule has 0 amide bonds. The van der Waals surface area contributed by atoms with Gasteiger partial charge in [0.25, 0.3) is 0 Å². The van der Waals surface area contributed by atoms with Crippen LogP contribution in [0.25, 0.3) is 5.57 Å². The van der Waals surface area contributed by atoms with Gasteiger partial charge in [0, 0.05) is 10.3 Å². The molecule has 0 radical (unpaired) electrons. The first-order valence-corrected chi connectivity index (χ1v) is 12.3. The molecule has 1 aromatic heterocycles. The van der Waals surface area contributed by atoms with Crippen molar-refractivity contribution < 1.29 is 14.3 Å². The van der Waals surface area contributed by atoms with Crippen molar-refractivity contribution in [2.75, 3.05) is 0 Å². The summed E-state index contributed by atoms with van der Waals surface area (Å²) in [5.74, 6) is 3.85. The number of rotatable bonds is 1. The van der Waals surface area contributed by atoms with Crippen molar-refractivity contribution in [3.05, 3.63) is 27.5 Å². The molecular formula is C25H28O3S. The number of cyclic esters (lactones) is 2. The number of carbonyl (C=O) groups is 2. The Morgan fingerprint density at radius 3 is 2.72 bits per heavy atom. The number of allylic oxidation sites excluding steroid dienone is 1. The molecule has 2 heterocycles. The number of hydrogen-bond acceptors (Lipinski definition) is 4. The Morgan fingerprint density at radius 1 is 1.10 bits per heavy atom. The fraction of sp³-hybridized carbons (Fsp3) is 0.680. The first kappa shape index (κ1) is 17.3. The zero-order valence-electron chi connectivity index (χ0n) is 17.4. The lowest BCUT2D eigenvalue weighted by Crippen LogP contribution is -2.71. The summed E-state index contributed by atoms with van der Waals surface area (Å²) in [6.45, 7) is 6.82. The van der Waals surface area contributed by atoms with Crippen molar-refractivity contribution in [2.45, 2.75) is 58.3 Å². The third-order valence-electron chi connectivity index (χ3n) is 10.6. The van der Waals surface area contributed by atoms with Gasteiger partial charge in [0.2, 0.25) is 0 Å². The molecule has 9 atom stereocenters. The molecule has 0 aromatic carbocycles. The normalized spacial score (nSPS) is 51.5. The van der Waals surface area contributed by atoms with Crippen LogP contribution in [0.3, 0.4) is 0 Å². The molecule has 4 bridgehead atoms. The summed E-state index contributed by atoms with van der Waals surface area (Å²) in [5.41, 5.74) is 2.67. The molecule has 5 unspecified atom stereocenters. The van der Waals surface area contributed by atoms with Crippen molar-refractivity contribution in [1.29, 1.82) is 0 Å². The van der Waals surface area contributed by atoms with E-state index in [9.17, 15) is 9.59 Å². The summed E-state index contributed by atoms with van der Waals surface area (Å²) in [6.07, 6.45) is 6.67. The first-order chi connectivity index (χ1) is 13.9. The molecule has 7 rings (SSSR count). The van der Waals surface area contributed by atoms with Crippen molar-refractivity contribution in [1.82, 2.24) is 0 Å². The van der Waals surface area contributed by atoms with Crippen LogP contribution in [0.2, 0.25) is 0 Å². The number of fused-ring (bicyclic) bond motifs is 5. The highest BCUT2D eigenvalue weighted by molar-refractivity contribution is 7.10. The van der Waals surface area contributed by atoms with Gasteiger partial charge in [-0.1, -0.05) is 13.8 Å². The molecule has 4 saturated carbocycles. The molecule has 0 spiro atoms. The van der Waals surface area contributed by atoms with E-state index in [4.69, 9.17) is 4.74 Å². The predicted octanol–water partition coefficient (Wildman–Crippen LogP) is 5.20. The fourth-order valence-corrected chi connectivity index (χ4v) is 10.8. The maximum absolute atomic E-state index is 13.1. The van der Waals surface area contributed by atoms with E-state index in [2.05, 4.69) is 25.3 Å². The van der Waals surface area contributed by atoms with Crippen LogP contribution >= 0.6 is 11.3 Å². The van der Waals surface area contributed by atoms with Crippen molar-refractivity contribution in [2.24, 2.45) is 46.8 Å². The summed E-state index contributed by atoms with van der Waals surface area (Å²) in [7, 11) is 0. The summed E-state index contributed by atoms with van der Waals surface area (Å²) in [5, 5.41) is 2.16. The minimum Gasteiger partial charge on any atom is -0.389 e. The standard InChI is InChI=1S/C25H28O3S/c1-11-6-13-7-15-16(11)9-25(10-17(15)18(25)8-13)24(3)20-19(22(26)28-23(20)27)12(2)14-4-5-29-21(14)24/h4-5,11,13,15-18,20H,6-10H2,1-3H3/t11?,13?,15?,16-,17-,18?,20-,24-,25?/m1/s1. The molecule has 152 valence electrons. The molecule has 3 nitrogen and oxygen atoms in total. The van der Waals surface area contributed by atoms with E-state index < -0.39 is 5.92 Å². The topological polar surface area (TPSA) is 43.4 Å². The fourth-order valence-electron chi connectivity index (χ4n) is 9.58. The van der Waals surface area contributed by atoms with E-state index in [1.807, 2.05) is 6.92 Å². The Balaban J connectivity index is 1.46. The van der Waals surface area contributed by atoms with Crippen molar-refractivity contribution in [3.8, 4) is 0 Å². The van der Waals surface area contributed by atoms with Gasteiger partial charge < -0.3 is 4.74 Å². The van der Waals surface area contributed by atoms with Crippen LogP contribution in [0, 0.1) is 46.8 Å². The van der Waals surface area contributed by atoms with Crippen LogP contribution in [-0.2, 0) is 19.7 Å². The molecule has 1 aliphatic heterocycles. The van der Waals surface area contributed by atoms with Gasteiger partial charge in [0.1, 0.15) is 5.92 Å². The Hall–Kier alpha value is -1.42. The zero-order chi connectivity index (χ0) is 19.9. The third-order valence-corrected chi connectivity index (χ3v) is 11.8. The molecule has 5 fully saturated rings. The lowest BCUT2D eigenvalue weighted by atomic mass is 9.28. The highest BCUT2D eigenvalue weighted by Gasteiger charge is 2.75. The Bertz CT molecular complexity index is 1020. The van der Waals surface area contributed by atoms with Gasteiger partial charge in [0.15, 0.2) is 0 Å². The minimum atomic E-state index is -0.408. The van der Waals surface area contributed by atoms with Gasteiger partial charge in [-0.2, -0.15) is 0 Å². The number of hydrogen-bond donors (Lipinski definition) is 0. The highest BCUT2D eigenvalue weighted by Crippen LogP contribution is 2.79. The monoisotopic (exact) mass is 408 g/mol. The number of carbonyl (C=O) groups excluding carboxylic acids is 2. The number of ether oxygens (including phenoxy) is 1. The molecule has 29 heavy (non-hydrogen) atoms. The van der Waals surface area contributed by atoms with E-state index in [-0.39, 0.29) is 22.8 Å². The van der Waals surface area contributed by atoms with Crippen LogP contribution in [0.5, 0.6) is 0 Å². The van der Waals surface area contributed by atoms with E-state index in [0.717, 1.165) is 41.1 Å². The second-order valence-corrected chi connectivity index (χ2v) is 12.2. The van der Waals surface area contributed by atoms with E-state index in [1.165, 1.54) is 42.5 Å². The second kappa shape index (κ2) is 5.07.